The van der Waals surface area contributed by atoms with Crippen LogP contribution in [-0.4, -0.2) is 16.7 Å². The SMILES string of the molecule is NCC1(c2nc(Cc3cccc(Br)c3)no2)CCCC1. The number of rotatable bonds is 4. The maximum atomic E-state index is 5.95. The van der Waals surface area contributed by atoms with Gasteiger partial charge in [-0.25, -0.2) is 0 Å². The summed E-state index contributed by atoms with van der Waals surface area (Å²) in [5.41, 5.74) is 7.03. The molecule has 0 unspecified atom stereocenters. The van der Waals surface area contributed by atoms with Crippen LogP contribution in [0.4, 0.5) is 0 Å². The van der Waals surface area contributed by atoms with Crippen molar-refractivity contribution in [3.63, 3.8) is 0 Å². The Bertz CT molecular complexity index is 590. The van der Waals surface area contributed by atoms with Crippen LogP contribution in [-0.2, 0) is 11.8 Å². The Morgan fingerprint density at radius 1 is 1.30 bits per heavy atom. The first kappa shape index (κ1) is 13.8. The van der Waals surface area contributed by atoms with Crippen molar-refractivity contribution in [1.82, 2.24) is 10.1 Å². The van der Waals surface area contributed by atoms with E-state index in [1.807, 2.05) is 12.1 Å². The van der Waals surface area contributed by atoms with Crippen molar-refractivity contribution >= 4 is 15.9 Å². The molecule has 1 saturated carbocycles. The van der Waals surface area contributed by atoms with Crippen LogP contribution in [0.25, 0.3) is 0 Å². The molecule has 0 radical (unpaired) electrons. The summed E-state index contributed by atoms with van der Waals surface area (Å²) in [5.74, 6) is 1.46. The Labute approximate surface area is 126 Å². The van der Waals surface area contributed by atoms with Crippen molar-refractivity contribution in [2.45, 2.75) is 37.5 Å². The molecule has 0 aliphatic heterocycles. The zero-order valence-electron chi connectivity index (χ0n) is 11.3. The number of halogens is 1. The molecule has 1 aliphatic carbocycles. The average molecular weight is 336 g/mol. The molecule has 0 spiro atoms. The van der Waals surface area contributed by atoms with Crippen LogP contribution >= 0.6 is 15.9 Å². The van der Waals surface area contributed by atoms with Gasteiger partial charge in [-0.2, -0.15) is 4.98 Å². The highest BCUT2D eigenvalue weighted by Gasteiger charge is 2.39. The zero-order chi connectivity index (χ0) is 14.0. The number of hydrogen-bond donors (Lipinski definition) is 1. The van der Waals surface area contributed by atoms with Crippen LogP contribution in [0.2, 0.25) is 0 Å². The van der Waals surface area contributed by atoms with E-state index in [1.54, 1.807) is 0 Å². The molecule has 20 heavy (non-hydrogen) atoms. The van der Waals surface area contributed by atoms with E-state index in [1.165, 1.54) is 18.4 Å². The molecule has 0 bridgehead atoms. The summed E-state index contributed by atoms with van der Waals surface area (Å²) < 4.78 is 6.56. The molecule has 2 N–H and O–H groups in total. The van der Waals surface area contributed by atoms with Gasteiger partial charge in [0, 0.05) is 17.4 Å². The van der Waals surface area contributed by atoms with Gasteiger partial charge in [-0.3, -0.25) is 0 Å². The summed E-state index contributed by atoms with van der Waals surface area (Å²) in [7, 11) is 0. The summed E-state index contributed by atoms with van der Waals surface area (Å²) in [6.45, 7) is 0.589. The first-order valence-electron chi connectivity index (χ1n) is 6.99. The lowest BCUT2D eigenvalue weighted by atomic mass is 9.86. The van der Waals surface area contributed by atoms with Crippen molar-refractivity contribution in [3.8, 4) is 0 Å². The maximum absolute atomic E-state index is 5.95. The molecule has 2 aromatic rings. The third-order valence-electron chi connectivity index (χ3n) is 4.12. The normalized spacial score (nSPS) is 17.5. The summed E-state index contributed by atoms with van der Waals surface area (Å²) in [4.78, 5) is 4.59. The molecule has 0 amide bonds. The quantitative estimate of drug-likeness (QED) is 0.931. The van der Waals surface area contributed by atoms with E-state index in [2.05, 4.69) is 38.2 Å². The third kappa shape index (κ3) is 2.65. The lowest BCUT2D eigenvalue weighted by Gasteiger charge is -2.21. The maximum Gasteiger partial charge on any atom is 0.234 e. The van der Waals surface area contributed by atoms with Crippen LogP contribution in [0.15, 0.2) is 33.3 Å². The molecular weight excluding hydrogens is 318 g/mol. The van der Waals surface area contributed by atoms with Gasteiger partial charge in [0.2, 0.25) is 5.89 Å². The van der Waals surface area contributed by atoms with Gasteiger partial charge in [0.15, 0.2) is 5.82 Å². The summed E-state index contributed by atoms with van der Waals surface area (Å²) in [6, 6.07) is 8.16. The van der Waals surface area contributed by atoms with Crippen LogP contribution in [0, 0.1) is 0 Å². The van der Waals surface area contributed by atoms with Gasteiger partial charge in [0.05, 0.1) is 5.41 Å². The number of nitrogens with two attached hydrogens (primary N) is 1. The molecule has 1 heterocycles. The molecule has 1 fully saturated rings. The van der Waals surface area contributed by atoms with E-state index in [-0.39, 0.29) is 5.41 Å². The Morgan fingerprint density at radius 3 is 2.80 bits per heavy atom. The minimum absolute atomic E-state index is 0.0808. The van der Waals surface area contributed by atoms with Gasteiger partial charge in [0.1, 0.15) is 0 Å². The summed E-state index contributed by atoms with van der Waals surface area (Å²) in [5, 5.41) is 4.12. The largest absolute Gasteiger partial charge is 0.339 e. The third-order valence-corrected chi connectivity index (χ3v) is 4.62. The van der Waals surface area contributed by atoms with Crippen molar-refractivity contribution in [2.24, 2.45) is 5.73 Å². The second-order valence-electron chi connectivity index (χ2n) is 5.51. The summed E-state index contributed by atoms with van der Waals surface area (Å²) in [6.07, 6.45) is 5.19. The lowest BCUT2D eigenvalue weighted by Crippen LogP contribution is -2.32. The Kier molecular flexibility index (Phi) is 3.89. The van der Waals surface area contributed by atoms with E-state index >= 15 is 0 Å². The highest BCUT2D eigenvalue weighted by atomic mass is 79.9. The fourth-order valence-electron chi connectivity index (χ4n) is 2.93. The first-order valence-corrected chi connectivity index (χ1v) is 7.79. The van der Waals surface area contributed by atoms with Crippen molar-refractivity contribution in [2.75, 3.05) is 6.54 Å². The predicted octanol–water partition coefficient (Wildman–Crippen LogP) is 3.19. The lowest BCUT2D eigenvalue weighted by molar-refractivity contribution is 0.283. The fraction of sp³-hybridized carbons (Fsp3) is 0.467. The standard InChI is InChI=1S/C15H18BrN3O/c16-12-5-3-4-11(8-12)9-13-18-14(20-19-13)15(10-17)6-1-2-7-15/h3-5,8H,1-2,6-7,9-10,17H2. The molecule has 106 valence electrons. The highest BCUT2D eigenvalue weighted by Crippen LogP contribution is 2.39. The Balaban J connectivity index is 1.80. The minimum Gasteiger partial charge on any atom is -0.339 e. The van der Waals surface area contributed by atoms with Crippen molar-refractivity contribution < 1.29 is 4.52 Å². The number of benzene rings is 1. The number of aromatic nitrogens is 2. The molecule has 5 heteroatoms. The van der Waals surface area contributed by atoms with Crippen molar-refractivity contribution in [1.29, 1.82) is 0 Å². The zero-order valence-corrected chi connectivity index (χ0v) is 12.9. The van der Waals surface area contributed by atoms with Gasteiger partial charge in [0.25, 0.3) is 0 Å². The van der Waals surface area contributed by atoms with Crippen LogP contribution in [0.1, 0.15) is 43.0 Å². The monoisotopic (exact) mass is 335 g/mol. The van der Waals surface area contributed by atoms with Gasteiger partial charge < -0.3 is 10.3 Å². The molecule has 1 aliphatic rings. The second kappa shape index (κ2) is 5.66. The average Bonchev–Trinajstić information content (AvgIpc) is 3.08. The minimum atomic E-state index is -0.0808. The van der Waals surface area contributed by atoms with Crippen LogP contribution in [0.3, 0.4) is 0 Å². The molecular formula is C15H18BrN3O. The van der Waals surface area contributed by atoms with E-state index in [4.69, 9.17) is 10.3 Å². The molecule has 1 aromatic heterocycles. The summed E-state index contributed by atoms with van der Waals surface area (Å²) >= 11 is 3.47. The predicted molar refractivity (Wildman–Crippen MR) is 80.4 cm³/mol. The Hall–Kier alpha value is -1.20. The number of hydrogen-bond acceptors (Lipinski definition) is 4. The van der Waals surface area contributed by atoms with E-state index in [0.29, 0.717) is 13.0 Å². The molecule has 4 nitrogen and oxygen atoms in total. The van der Waals surface area contributed by atoms with E-state index in [0.717, 1.165) is 29.0 Å². The smallest absolute Gasteiger partial charge is 0.234 e. The second-order valence-corrected chi connectivity index (χ2v) is 6.43. The van der Waals surface area contributed by atoms with Crippen LogP contribution < -0.4 is 5.73 Å². The van der Waals surface area contributed by atoms with Crippen molar-refractivity contribution in [3.05, 3.63) is 46.0 Å². The Morgan fingerprint density at radius 2 is 2.10 bits per heavy atom. The van der Waals surface area contributed by atoms with E-state index < -0.39 is 0 Å². The molecule has 1 aromatic carbocycles. The number of nitrogens with zero attached hydrogens (tertiary/aromatic N) is 2. The van der Waals surface area contributed by atoms with Gasteiger partial charge in [-0.15, -0.1) is 0 Å². The van der Waals surface area contributed by atoms with Gasteiger partial charge in [-0.05, 0) is 30.5 Å². The molecule has 3 rings (SSSR count). The molecule has 0 atom stereocenters. The topological polar surface area (TPSA) is 64.9 Å². The first-order chi connectivity index (χ1) is 9.72. The van der Waals surface area contributed by atoms with E-state index in [9.17, 15) is 0 Å². The highest BCUT2D eigenvalue weighted by molar-refractivity contribution is 9.10. The van der Waals surface area contributed by atoms with Gasteiger partial charge in [-0.1, -0.05) is 46.1 Å². The van der Waals surface area contributed by atoms with Crippen LogP contribution in [0.5, 0.6) is 0 Å². The molecule has 0 saturated heterocycles. The van der Waals surface area contributed by atoms with Gasteiger partial charge >= 0.3 is 0 Å². The fourth-order valence-corrected chi connectivity index (χ4v) is 3.37.